The van der Waals surface area contributed by atoms with Gasteiger partial charge in [0, 0.05) is 71.8 Å². The number of aryl methyl sites for hydroxylation is 1. The highest BCUT2D eigenvalue weighted by Gasteiger charge is 2.35. The first-order valence-corrected chi connectivity index (χ1v) is 14.7. The van der Waals surface area contributed by atoms with Crippen LogP contribution in [-0.4, -0.2) is 60.6 Å². The molecule has 1 aromatic carbocycles. The summed E-state index contributed by atoms with van der Waals surface area (Å²) in [5.41, 5.74) is 15.7. The average Bonchev–Trinajstić information content (AvgIpc) is 3.83. The maximum Gasteiger partial charge on any atom is 0.259 e. The Morgan fingerprint density at radius 3 is 2.63 bits per heavy atom. The van der Waals surface area contributed by atoms with E-state index in [1.807, 2.05) is 42.3 Å². The van der Waals surface area contributed by atoms with Crippen LogP contribution in [0.2, 0.25) is 0 Å². The second kappa shape index (κ2) is 9.91. The van der Waals surface area contributed by atoms with Crippen LogP contribution in [0.5, 0.6) is 5.88 Å². The summed E-state index contributed by atoms with van der Waals surface area (Å²) < 4.78 is 16.9. The van der Waals surface area contributed by atoms with Crippen LogP contribution in [0, 0.1) is 0 Å². The number of benzene rings is 1. The third-order valence-corrected chi connectivity index (χ3v) is 8.51. The van der Waals surface area contributed by atoms with E-state index in [2.05, 4.69) is 33.9 Å². The van der Waals surface area contributed by atoms with Crippen LogP contribution in [-0.2, 0) is 18.8 Å². The van der Waals surface area contributed by atoms with Gasteiger partial charge in [-0.2, -0.15) is 5.10 Å². The molecule has 0 bridgehead atoms. The molecule has 11 heteroatoms. The van der Waals surface area contributed by atoms with E-state index in [0.29, 0.717) is 42.3 Å². The molecule has 0 saturated heterocycles. The highest BCUT2D eigenvalue weighted by atomic mass is 16.5. The number of methoxy groups -OCH3 is 1. The molecule has 2 N–H and O–H groups in total. The van der Waals surface area contributed by atoms with Crippen molar-refractivity contribution >= 4 is 34.3 Å². The van der Waals surface area contributed by atoms with Crippen molar-refractivity contribution in [2.24, 2.45) is 19.1 Å². The second-order valence-corrected chi connectivity index (χ2v) is 11.7. The molecule has 0 radical (unpaired) electrons. The van der Waals surface area contributed by atoms with Crippen LogP contribution in [0.4, 0.5) is 11.4 Å². The second-order valence-electron chi connectivity index (χ2n) is 11.7. The molecule has 0 atom stereocenters. The van der Waals surface area contributed by atoms with Gasteiger partial charge < -0.3 is 19.8 Å². The quantitative estimate of drug-likeness (QED) is 0.199. The molecule has 4 aromatic heterocycles. The molecule has 8 rings (SSSR count). The molecular weight excluding hydrogens is 542 g/mol. The highest BCUT2D eigenvalue weighted by molar-refractivity contribution is 5.97. The number of pyridine rings is 1. The first-order valence-electron chi connectivity index (χ1n) is 14.7. The zero-order valence-electron chi connectivity index (χ0n) is 24.5. The molecule has 0 amide bonds. The van der Waals surface area contributed by atoms with Crippen molar-refractivity contribution in [3.8, 4) is 28.5 Å². The minimum Gasteiger partial charge on any atom is -0.478 e. The number of nitrogens with two attached hydrogens (primary N) is 1. The van der Waals surface area contributed by atoms with Gasteiger partial charge in [-0.1, -0.05) is 12.1 Å². The molecule has 0 unspecified atom stereocenters. The van der Waals surface area contributed by atoms with Gasteiger partial charge in [-0.05, 0) is 43.9 Å². The average molecular weight is 576 g/mol. The smallest absolute Gasteiger partial charge is 0.259 e. The van der Waals surface area contributed by atoms with Gasteiger partial charge in [0.05, 0.1) is 43.6 Å². The molecule has 0 spiro atoms. The standard InChI is InChI=1S/C32H33N9O2/c1-39-15-20-13-23(27(18-7-8-18)35-30(20)37-39)31-36-28(29(40(31)2)19-9-10-19)22-5-4-6-25(33)24(22)14-34-26-16-41(38-32(26)42-3)21-11-12-43-17-21/h4-6,11,13-16,18-19H,7-10,12,17,33H2,1-3H3. The van der Waals surface area contributed by atoms with Crippen molar-refractivity contribution in [1.29, 1.82) is 0 Å². The number of rotatable bonds is 8. The van der Waals surface area contributed by atoms with E-state index < -0.39 is 0 Å². The van der Waals surface area contributed by atoms with Crippen LogP contribution in [0.3, 0.4) is 0 Å². The fourth-order valence-corrected chi connectivity index (χ4v) is 6.04. The molecule has 1 aliphatic heterocycles. The summed E-state index contributed by atoms with van der Waals surface area (Å²) in [7, 11) is 5.66. The van der Waals surface area contributed by atoms with Crippen molar-refractivity contribution in [2.45, 2.75) is 37.5 Å². The predicted molar refractivity (Wildman–Crippen MR) is 166 cm³/mol. The monoisotopic (exact) mass is 575 g/mol. The van der Waals surface area contributed by atoms with E-state index in [9.17, 15) is 0 Å². The van der Waals surface area contributed by atoms with Crippen LogP contribution >= 0.6 is 0 Å². The zero-order chi connectivity index (χ0) is 29.2. The fraction of sp³-hybridized carbons (Fsp3) is 0.344. The van der Waals surface area contributed by atoms with Gasteiger partial charge in [-0.15, -0.1) is 5.10 Å². The van der Waals surface area contributed by atoms with E-state index in [1.165, 1.54) is 5.69 Å². The Bertz CT molecular complexity index is 1950. The lowest BCUT2D eigenvalue weighted by atomic mass is 10.0. The molecule has 2 fully saturated rings. The van der Waals surface area contributed by atoms with Gasteiger partial charge >= 0.3 is 0 Å². The molecule has 2 aliphatic carbocycles. The summed E-state index contributed by atoms with van der Waals surface area (Å²) in [6.07, 6.45) is 12.2. The zero-order valence-corrected chi connectivity index (χ0v) is 24.5. The molecule has 218 valence electrons. The van der Waals surface area contributed by atoms with E-state index in [1.54, 1.807) is 18.0 Å². The minimum absolute atomic E-state index is 0.435. The van der Waals surface area contributed by atoms with Crippen molar-refractivity contribution < 1.29 is 9.47 Å². The Labute approximate surface area is 248 Å². The predicted octanol–water partition coefficient (Wildman–Crippen LogP) is 5.20. The summed E-state index contributed by atoms with van der Waals surface area (Å²) in [6.45, 7) is 1.07. The number of aliphatic imine (C=N–C) groups is 1. The molecule has 2 saturated carbocycles. The lowest BCUT2D eigenvalue weighted by molar-refractivity contribution is 0.213. The van der Waals surface area contributed by atoms with Crippen LogP contribution in [0.25, 0.3) is 39.4 Å². The number of anilines is 1. The van der Waals surface area contributed by atoms with Crippen LogP contribution in [0.1, 0.15) is 54.5 Å². The molecule has 11 nitrogen and oxygen atoms in total. The number of imidazole rings is 1. The largest absolute Gasteiger partial charge is 0.478 e. The molecule has 3 aliphatic rings. The van der Waals surface area contributed by atoms with Gasteiger partial charge in [0.1, 0.15) is 11.5 Å². The van der Waals surface area contributed by atoms with E-state index in [4.69, 9.17) is 30.2 Å². The number of nitrogen functional groups attached to an aromatic ring is 1. The number of ether oxygens (including phenoxy) is 2. The molecular formula is C32H33N9O2. The van der Waals surface area contributed by atoms with Gasteiger partial charge in [0.2, 0.25) is 0 Å². The number of nitrogens with zero attached hydrogens (tertiary/aromatic N) is 8. The third kappa shape index (κ3) is 4.51. The SMILES string of the molecule is COc1nn(C2=CCOC2)cc1N=Cc1c(N)cccc1-c1nc(-c2cc3cn(C)nc3nc2C2CC2)n(C)c1C1CC1. The van der Waals surface area contributed by atoms with Crippen molar-refractivity contribution in [3.63, 3.8) is 0 Å². The van der Waals surface area contributed by atoms with Crippen molar-refractivity contribution in [2.75, 3.05) is 26.1 Å². The molecule has 43 heavy (non-hydrogen) atoms. The summed E-state index contributed by atoms with van der Waals surface area (Å²) >= 11 is 0. The van der Waals surface area contributed by atoms with Gasteiger partial charge in [0.15, 0.2) is 5.65 Å². The summed E-state index contributed by atoms with van der Waals surface area (Å²) in [6, 6.07) is 8.18. The van der Waals surface area contributed by atoms with E-state index >= 15 is 0 Å². The fourth-order valence-electron chi connectivity index (χ4n) is 6.04. The number of hydrogen-bond donors (Lipinski definition) is 1. The van der Waals surface area contributed by atoms with Crippen molar-refractivity contribution in [3.05, 3.63) is 59.7 Å². The summed E-state index contributed by atoms with van der Waals surface area (Å²) in [4.78, 5) is 15.2. The Hall–Kier alpha value is -4.77. The normalized spacial score (nSPS) is 17.0. The first-order chi connectivity index (χ1) is 21.0. The first kappa shape index (κ1) is 25.9. The Morgan fingerprint density at radius 2 is 1.88 bits per heavy atom. The van der Waals surface area contributed by atoms with Crippen LogP contribution < -0.4 is 10.5 Å². The van der Waals surface area contributed by atoms with Gasteiger partial charge in [0.25, 0.3) is 5.88 Å². The lowest BCUT2D eigenvalue weighted by Crippen LogP contribution is -2.02. The lowest BCUT2D eigenvalue weighted by Gasteiger charge is -2.10. The van der Waals surface area contributed by atoms with E-state index in [-0.39, 0.29) is 0 Å². The third-order valence-electron chi connectivity index (χ3n) is 8.51. The van der Waals surface area contributed by atoms with Crippen molar-refractivity contribution in [1.82, 2.24) is 34.1 Å². The summed E-state index contributed by atoms with van der Waals surface area (Å²) in [5, 5.41) is 10.1. The van der Waals surface area contributed by atoms with E-state index in [0.717, 1.165) is 76.3 Å². The summed E-state index contributed by atoms with van der Waals surface area (Å²) in [5.74, 6) is 2.26. The molecule has 5 aromatic rings. The van der Waals surface area contributed by atoms with Gasteiger partial charge in [-0.3, -0.25) is 4.68 Å². The maximum atomic E-state index is 6.61. The number of fused-ring (bicyclic) bond motifs is 1. The maximum absolute atomic E-state index is 6.61. The number of hydrogen-bond acceptors (Lipinski definition) is 8. The Balaban J connectivity index is 1.25. The number of aromatic nitrogens is 7. The van der Waals surface area contributed by atoms with Crippen LogP contribution in [0.15, 0.2) is 47.7 Å². The molecule has 5 heterocycles. The topological polar surface area (TPSA) is 123 Å². The Morgan fingerprint density at radius 1 is 1.05 bits per heavy atom. The highest BCUT2D eigenvalue weighted by Crippen LogP contribution is 2.49. The minimum atomic E-state index is 0.435. The van der Waals surface area contributed by atoms with Gasteiger partial charge in [-0.25, -0.2) is 19.6 Å². The Kier molecular flexibility index (Phi) is 5.97.